The van der Waals surface area contributed by atoms with Crippen LogP contribution in [0, 0.1) is 17.3 Å². The maximum Gasteiger partial charge on any atom is 0.249 e. The third-order valence-electron chi connectivity index (χ3n) is 9.28. The third-order valence-corrected chi connectivity index (χ3v) is 9.28. The number of hydrogen-bond acceptors (Lipinski definition) is 5. The van der Waals surface area contributed by atoms with Crippen LogP contribution in [0.15, 0.2) is 25.3 Å². The van der Waals surface area contributed by atoms with Crippen molar-refractivity contribution in [2.75, 3.05) is 26.2 Å². The number of nitrogens with zero attached hydrogens (tertiary/aromatic N) is 3. The fourth-order valence-electron chi connectivity index (χ4n) is 8.09. The number of likely N-dealkylation sites (tertiary alicyclic amines) is 1. The number of aliphatic hydroxyl groups is 1. The normalized spacial score (nSPS) is 30.3. The van der Waals surface area contributed by atoms with Gasteiger partial charge in [0.1, 0.15) is 11.6 Å². The zero-order chi connectivity index (χ0) is 30.3. The molecule has 2 unspecified atom stereocenters. The van der Waals surface area contributed by atoms with Gasteiger partial charge < -0.3 is 24.5 Å². The lowest BCUT2D eigenvalue weighted by Gasteiger charge is -2.46. The van der Waals surface area contributed by atoms with Gasteiger partial charge in [-0.25, -0.2) is 0 Å². The molecule has 6 atom stereocenters. The molecule has 0 aromatic heterocycles. The molecule has 40 heavy (non-hydrogen) atoms. The highest BCUT2D eigenvalue weighted by Gasteiger charge is 2.79. The van der Waals surface area contributed by atoms with Crippen LogP contribution in [0.2, 0.25) is 0 Å². The van der Waals surface area contributed by atoms with Gasteiger partial charge in [-0.3, -0.25) is 14.4 Å². The average molecular weight is 560 g/mol. The minimum absolute atomic E-state index is 0.0480. The number of carbonyl (C=O) groups excluding carboxylic acids is 3. The summed E-state index contributed by atoms with van der Waals surface area (Å²) in [6.45, 7) is 25.1. The average Bonchev–Trinajstić information content (AvgIpc) is 3.48. The quantitative estimate of drug-likeness (QED) is 0.342. The van der Waals surface area contributed by atoms with E-state index in [1.807, 2.05) is 18.7 Å². The Hall–Kier alpha value is -2.19. The van der Waals surface area contributed by atoms with E-state index in [-0.39, 0.29) is 29.7 Å². The second kappa shape index (κ2) is 11.6. The first-order valence-electron chi connectivity index (χ1n) is 15.1. The maximum atomic E-state index is 14.8. The molecule has 8 heteroatoms. The molecule has 8 nitrogen and oxygen atoms in total. The van der Waals surface area contributed by atoms with E-state index in [1.165, 1.54) is 0 Å². The summed E-state index contributed by atoms with van der Waals surface area (Å²) in [7, 11) is 0. The monoisotopic (exact) mass is 559 g/mol. The van der Waals surface area contributed by atoms with Crippen molar-refractivity contribution in [3.63, 3.8) is 0 Å². The molecule has 2 bridgehead atoms. The molecule has 1 spiro atoms. The van der Waals surface area contributed by atoms with Gasteiger partial charge in [-0.1, -0.05) is 46.8 Å². The van der Waals surface area contributed by atoms with Gasteiger partial charge in [-0.2, -0.15) is 0 Å². The lowest BCUT2D eigenvalue weighted by atomic mass is 9.64. The van der Waals surface area contributed by atoms with Crippen LogP contribution in [-0.4, -0.2) is 92.6 Å². The number of hydrogen-bond donors (Lipinski definition) is 1. The highest BCUT2D eigenvalue weighted by Crippen LogP contribution is 2.65. The highest BCUT2D eigenvalue weighted by molar-refractivity contribution is 5.99. The van der Waals surface area contributed by atoms with E-state index < -0.39 is 40.7 Å². The maximum absolute atomic E-state index is 14.8. The molecule has 1 N–H and O–H groups in total. The summed E-state index contributed by atoms with van der Waals surface area (Å²) >= 11 is 0. The van der Waals surface area contributed by atoms with Crippen LogP contribution >= 0.6 is 0 Å². The summed E-state index contributed by atoms with van der Waals surface area (Å²) in [4.78, 5) is 48.5. The van der Waals surface area contributed by atoms with Crippen molar-refractivity contribution in [2.24, 2.45) is 17.3 Å². The third kappa shape index (κ3) is 5.26. The highest BCUT2D eigenvalue weighted by atomic mass is 16.5. The van der Waals surface area contributed by atoms with E-state index in [4.69, 9.17) is 4.74 Å². The van der Waals surface area contributed by atoms with Crippen molar-refractivity contribution in [1.82, 2.24) is 14.7 Å². The zero-order valence-corrected chi connectivity index (χ0v) is 26.2. The molecule has 0 radical (unpaired) electrons. The zero-order valence-electron chi connectivity index (χ0n) is 26.2. The Kier molecular flexibility index (Phi) is 9.37. The standard InChI is InChI=1S/C32H53N3O5/c1-11-17-33(18-12-2)26(37)23-24-27(38)35(22(5)20-36)25(32(24)16-15-31(23,14-4)40-32)28(39)34(19-13-3)30(9,10)21-29(6,7)8/h11,13,22-25,36H,1,3,12,14-21H2,2,4-10H3/t22-,23-,24+,25?,31+,32?/m1/s1. The Balaban J connectivity index is 2.18. The van der Waals surface area contributed by atoms with Crippen molar-refractivity contribution in [3.05, 3.63) is 25.3 Å². The molecule has 3 amide bonds. The van der Waals surface area contributed by atoms with Crippen LogP contribution < -0.4 is 0 Å². The van der Waals surface area contributed by atoms with E-state index in [1.54, 1.807) is 28.9 Å². The summed E-state index contributed by atoms with van der Waals surface area (Å²) in [5.41, 5.74) is -2.52. The Labute approximate surface area is 241 Å². The summed E-state index contributed by atoms with van der Waals surface area (Å²) in [5.74, 6) is -2.05. The van der Waals surface area contributed by atoms with Crippen LogP contribution in [0.25, 0.3) is 0 Å². The molecule has 0 aromatic rings. The lowest BCUT2D eigenvalue weighted by molar-refractivity contribution is -0.160. The molecule has 0 aromatic carbocycles. The summed E-state index contributed by atoms with van der Waals surface area (Å²) < 4.78 is 6.94. The summed E-state index contributed by atoms with van der Waals surface area (Å²) in [6, 6.07) is -1.54. The molecular weight excluding hydrogens is 506 g/mol. The van der Waals surface area contributed by atoms with Crippen LogP contribution in [0.1, 0.15) is 87.5 Å². The molecule has 0 aliphatic carbocycles. The Morgan fingerprint density at radius 2 is 1.75 bits per heavy atom. The van der Waals surface area contributed by atoms with Crippen molar-refractivity contribution in [3.8, 4) is 0 Å². The van der Waals surface area contributed by atoms with Gasteiger partial charge in [0.15, 0.2) is 0 Å². The number of ether oxygens (including phenoxy) is 1. The molecule has 0 saturated carbocycles. The molecular formula is C32H53N3O5. The first-order chi connectivity index (χ1) is 18.6. The van der Waals surface area contributed by atoms with Crippen molar-refractivity contribution >= 4 is 17.7 Å². The van der Waals surface area contributed by atoms with Crippen molar-refractivity contribution in [2.45, 2.75) is 116 Å². The minimum atomic E-state index is -1.13. The number of carbonyl (C=O) groups is 3. The van der Waals surface area contributed by atoms with Gasteiger partial charge >= 0.3 is 0 Å². The predicted molar refractivity (Wildman–Crippen MR) is 157 cm³/mol. The largest absolute Gasteiger partial charge is 0.394 e. The molecule has 3 heterocycles. The SMILES string of the molecule is C=CCN(CCC)C(=O)[C@H]1[C@H]2C(=O)N([C@H](C)CO)C(C(=O)N(CC=C)C(C)(C)CC(C)(C)C)C23CC[C@]1(CC)O3. The van der Waals surface area contributed by atoms with Gasteiger partial charge in [0, 0.05) is 25.2 Å². The van der Waals surface area contributed by atoms with Gasteiger partial charge in [-0.05, 0) is 58.3 Å². The van der Waals surface area contributed by atoms with Gasteiger partial charge in [0.2, 0.25) is 17.7 Å². The molecule has 3 rings (SSSR count). The van der Waals surface area contributed by atoms with Crippen molar-refractivity contribution < 1.29 is 24.2 Å². The number of amides is 3. The van der Waals surface area contributed by atoms with Gasteiger partial charge in [0.25, 0.3) is 0 Å². The summed E-state index contributed by atoms with van der Waals surface area (Å²) in [6.07, 6.45) is 6.65. The van der Waals surface area contributed by atoms with E-state index in [0.29, 0.717) is 38.9 Å². The minimum Gasteiger partial charge on any atom is -0.394 e. The fraction of sp³-hybridized carbons (Fsp3) is 0.781. The number of fused-ring (bicyclic) bond motifs is 1. The number of aliphatic hydroxyl groups excluding tert-OH is 1. The lowest BCUT2D eigenvalue weighted by Crippen LogP contribution is -2.62. The van der Waals surface area contributed by atoms with Crippen molar-refractivity contribution in [1.29, 1.82) is 0 Å². The van der Waals surface area contributed by atoms with E-state index in [9.17, 15) is 19.5 Å². The Morgan fingerprint density at radius 3 is 2.25 bits per heavy atom. The van der Waals surface area contributed by atoms with E-state index in [0.717, 1.165) is 12.8 Å². The van der Waals surface area contributed by atoms with Crippen LogP contribution in [0.4, 0.5) is 0 Å². The van der Waals surface area contributed by atoms with Crippen LogP contribution in [-0.2, 0) is 19.1 Å². The van der Waals surface area contributed by atoms with Gasteiger partial charge in [0.05, 0.1) is 30.1 Å². The van der Waals surface area contributed by atoms with Crippen LogP contribution in [0.3, 0.4) is 0 Å². The van der Waals surface area contributed by atoms with E-state index >= 15 is 0 Å². The second-order valence-corrected chi connectivity index (χ2v) is 14.0. The molecule has 3 fully saturated rings. The second-order valence-electron chi connectivity index (χ2n) is 14.0. The molecule has 226 valence electrons. The van der Waals surface area contributed by atoms with Crippen LogP contribution in [0.5, 0.6) is 0 Å². The Bertz CT molecular complexity index is 1000. The first kappa shape index (κ1) is 32.3. The fourth-order valence-corrected chi connectivity index (χ4v) is 8.09. The predicted octanol–water partition coefficient (Wildman–Crippen LogP) is 4.18. The Morgan fingerprint density at radius 1 is 1.12 bits per heavy atom. The molecule has 3 saturated heterocycles. The summed E-state index contributed by atoms with van der Waals surface area (Å²) in [5, 5.41) is 10.2. The molecule has 3 aliphatic rings. The topological polar surface area (TPSA) is 90.4 Å². The first-order valence-corrected chi connectivity index (χ1v) is 15.1. The smallest absolute Gasteiger partial charge is 0.249 e. The van der Waals surface area contributed by atoms with Gasteiger partial charge in [-0.15, -0.1) is 13.2 Å². The molecule has 3 aliphatic heterocycles. The van der Waals surface area contributed by atoms with E-state index in [2.05, 4.69) is 47.8 Å². The number of rotatable bonds is 13.